The molecule has 164 valence electrons. The molecular formula is C21H31N5O3S. The number of benzene rings is 1. The van der Waals surface area contributed by atoms with Crippen molar-refractivity contribution >= 4 is 34.0 Å². The van der Waals surface area contributed by atoms with Crippen LogP contribution in [0.15, 0.2) is 29.6 Å². The molecule has 0 saturated carbocycles. The summed E-state index contributed by atoms with van der Waals surface area (Å²) in [6.45, 7) is 4.48. The number of nitrogens with one attached hydrogen (secondary N) is 2. The molecule has 0 radical (unpaired) electrons. The van der Waals surface area contributed by atoms with Crippen LogP contribution in [0.5, 0.6) is 0 Å². The van der Waals surface area contributed by atoms with Gasteiger partial charge in [0.2, 0.25) is 5.91 Å². The van der Waals surface area contributed by atoms with Gasteiger partial charge in [0.15, 0.2) is 5.13 Å². The average Bonchev–Trinajstić information content (AvgIpc) is 3.16. The van der Waals surface area contributed by atoms with Gasteiger partial charge in [-0.15, -0.1) is 11.3 Å². The van der Waals surface area contributed by atoms with Crippen LogP contribution in [0, 0.1) is 6.92 Å². The van der Waals surface area contributed by atoms with Crippen molar-refractivity contribution in [1.29, 1.82) is 0 Å². The zero-order valence-electron chi connectivity index (χ0n) is 18.1. The van der Waals surface area contributed by atoms with Crippen molar-refractivity contribution in [2.45, 2.75) is 13.3 Å². The Morgan fingerprint density at radius 2 is 2.00 bits per heavy atom. The third kappa shape index (κ3) is 8.10. The van der Waals surface area contributed by atoms with E-state index in [4.69, 9.17) is 4.74 Å². The lowest BCUT2D eigenvalue weighted by Gasteiger charge is -2.21. The zero-order valence-corrected chi connectivity index (χ0v) is 18.9. The van der Waals surface area contributed by atoms with Crippen LogP contribution in [-0.4, -0.2) is 80.6 Å². The van der Waals surface area contributed by atoms with Crippen molar-refractivity contribution < 1.29 is 14.3 Å². The minimum absolute atomic E-state index is 0.0767. The Bertz CT molecular complexity index is 824. The number of nitrogens with zero attached hydrogens (tertiary/aromatic N) is 3. The van der Waals surface area contributed by atoms with Crippen molar-refractivity contribution in [3.05, 3.63) is 40.9 Å². The monoisotopic (exact) mass is 433 g/mol. The molecule has 0 saturated heterocycles. The number of ether oxygens (including phenoxy) is 1. The van der Waals surface area contributed by atoms with E-state index in [1.165, 1.54) is 11.3 Å². The lowest BCUT2D eigenvalue weighted by atomic mass is 10.2. The molecule has 8 nitrogen and oxygen atoms in total. The number of carbonyl (C=O) groups is 2. The molecule has 0 aliphatic carbocycles. The van der Waals surface area contributed by atoms with Gasteiger partial charge in [0.05, 0.1) is 6.61 Å². The molecule has 0 aliphatic rings. The topological polar surface area (TPSA) is 86.8 Å². The second-order valence-electron chi connectivity index (χ2n) is 7.22. The van der Waals surface area contributed by atoms with Gasteiger partial charge in [0, 0.05) is 50.8 Å². The first-order valence-electron chi connectivity index (χ1n) is 9.88. The lowest BCUT2D eigenvalue weighted by molar-refractivity contribution is -0.121. The van der Waals surface area contributed by atoms with Gasteiger partial charge in [0.25, 0.3) is 5.91 Å². The van der Waals surface area contributed by atoms with Crippen molar-refractivity contribution in [3.8, 4) is 0 Å². The molecule has 1 heterocycles. The van der Waals surface area contributed by atoms with Crippen LogP contribution in [0.25, 0.3) is 0 Å². The standard InChI is InChI=1S/C21H31N5O3S/c1-16-6-5-7-17(14-16)23-21-24-18(15-30-21)20(28)26(12-13-29-4)10-8-19(27)22-9-11-25(2)3/h5-7,14-15H,8-13H2,1-4H3,(H,22,27)(H,23,24). The maximum Gasteiger partial charge on any atom is 0.273 e. The molecule has 0 unspecified atom stereocenters. The summed E-state index contributed by atoms with van der Waals surface area (Å²) in [5.41, 5.74) is 2.43. The molecule has 2 amide bonds. The Morgan fingerprint density at radius 3 is 2.70 bits per heavy atom. The van der Waals surface area contributed by atoms with Gasteiger partial charge >= 0.3 is 0 Å². The number of anilines is 2. The van der Waals surface area contributed by atoms with Crippen molar-refractivity contribution in [3.63, 3.8) is 0 Å². The third-order valence-electron chi connectivity index (χ3n) is 4.34. The van der Waals surface area contributed by atoms with Crippen LogP contribution in [0.1, 0.15) is 22.5 Å². The van der Waals surface area contributed by atoms with Gasteiger partial charge in [-0.3, -0.25) is 9.59 Å². The van der Waals surface area contributed by atoms with E-state index in [0.717, 1.165) is 17.8 Å². The van der Waals surface area contributed by atoms with Crippen LogP contribution < -0.4 is 10.6 Å². The summed E-state index contributed by atoms with van der Waals surface area (Å²) in [6, 6.07) is 7.96. The molecular weight excluding hydrogens is 402 g/mol. The highest BCUT2D eigenvalue weighted by molar-refractivity contribution is 7.14. The van der Waals surface area contributed by atoms with Crippen molar-refractivity contribution in [2.75, 3.05) is 59.3 Å². The summed E-state index contributed by atoms with van der Waals surface area (Å²) in [5, 5.41) is 8.48. The van der Waals surface area contributed by atoms with Crippen LogP contribution in [-0.2, 0) is 9.53 Å². The van der Waals surface area contributed by atoms with E-state index in [2.05, 4.69) is 15.6 Å². The second-order valence-corrected chi connectivity index (χ2v) is 8.08. The van der Waals surface area contributed by atoms with Crippen LogP contribution in [0.4, 0.5) is 10.8 Å². The van der Waals surface area contributed by atoms with Gasteiger partial charge in [-0.2, -0.15) is 0 Å². The first kappa shape index (κ1) is 23.8. The number of rotatable bonds is 12. The zero-order chi connectivity index (χ0) is 21.9. The first-order valence-corrected chi connectivity index (χ1v) is 10.8. The maximum absolute atomic E-state index is 12.9. The normalized spacial score (nSPS) is 10.8. The Balaban J connectivity index is 1.95. The molecule has 2 N–H and O–H groups in total. The Labute approximate surface area is 182 Å². The summed E-state index contributed by atoms with van der Waals surface area (Å²) in [6.07, 6.45) is 0.238. The van der Waals surface area contributed by atoms with E-state index < -0.39 is 0 Å². The Hall–Kier alpha value is -2.49. The SMILES string of the molecule is COCCN(CCC(=O)NCCN(C)C)C(=O)c1csc(Nc2cccc(C)c2)n1. The highest BCUT2D eigenvalue weighted by Crippen LogP contribution is 2.22. The van der Waals surface area contributed by atoms with E-state index >= 15 is 0 Å². The molecule has 0 atom stereocenters. The summed E-state index contributed by atoms with van der Waals surface area (Å²) in [4.78, 5) is 33.0. The van der Waals surface area contributed by atoms with Crippen LogP contribution in [0.3, 0.4) is 0 Å². The maximum atomic E-state index is 12.9. The largest absolute Gasteiger partial charge is 0.383 e. The molecule has 1 aromatic heterocycles. The summed E-state index contributed by atoms with van der Waals surface area (Å²) >= 11 is 1.37. The van der Waals surface area contributed by atoms with E-state index in [1.807, 2.05) is 50.2 Å². The smallest absolute Gasteiger partial charge is 0.273 e. The quantitative estimate of drug-likeness (QED) is 0.534. The molecule has 30 heavy (non-hydrogen) atoms. The fraction of sp³-hybridized carbons (Fsp3) is 0.476. The minimum atomic E-state index is -0.207. The number of methoxy groups -OCH3 is 1. The number of amides is 2. The second kappa shape index (κ2) is 12.3. The van der Waals surface area contributed by atoms with Gasteiger partial charge in [-0.1, -0.05) is 12.1 Å². The predicted molar refractivity (Wildman–Crippen MR) is 121 cm³/mol. The van der Waals surface area contributed by atoms with Crippen molar-refractivity contribution in [1.82, 2.24) is 20.1 Å². The highest BCUT2D eigenvalue weighted by atomic mass is 32.1. The van der Waals surface area contributed by atoms with E-state index in [0.29, 0.717) is 37.1 Å². The minimum Gasteiger partial charge on any atom is -0.383 e. The van der Waals surface area contributed by atoms with Gasteiger partial charge < -0.3 is 25.2 Å². The highest BCUT2D eigenvalue weighted by Gasteiger charge is 2.19. The van der Waals surface area contributed by atoms with Gasteiger partial charge in [0.1, 0.15) is 5.69 Å². The number of hydrogen-bond donors (Lipinski definition) is 2. The number of hydrogen-bond acceptors (Lipinski definition) is 7. The molecule has 0 spiro atoms. The molecule has 0 bridgehead atoms. The molecule has 1 aromatic carbocycles. The lowest BCUT2D eigenvalue weighted by Crippen LogP contribution is -2.38. The Kier molecular flexibility index (Phi) is 9.72. The van der Waals surface area contributed by atoms with E-state index in [-0.39, 0.29) is 18.2 Å². The summed E-state index contributed by atoms with van der Waals surface area (Å²) in [5.74, 6) is -0.283. The number of likely N-dealkylation sites (N-methyl/N-ethyl adjacent to an activating group) is 1. The van der Waals surface area contributed by atoms with Crippen LogP contribution in [0.2, 0.25) is 0 Å². The molecule has 2 rings (SSSR count). The summed E-state index contributed by atoms with van der Waals surface area (Å²) < 4.78 is 5.12. The first-order chi connectivity index (χ1) is 14.4. The third-order valence-corrected chi connectivity index (χ3v) is 5.09. The van der Waals surface area contributed by atoms with Crippen LogP contribution >= 0.6 is 11.3 Å². The average molecular weight is 434 g/mol. The fourth-order valence-electron chi connectivity index (χ4n) is 2.70. The number of aromatic nitrogens is 1. The molecule has 0 fully saturated rings. The number of aryl methyl sites for hydroxylation is 1. The fourth-order valence-corrected chi connectivity index (χ4v) is 3.40. The number of carbonyl (C=O) groups excluding carboxylic acids is 2. The Morgan fingerprint density at radius 1 is 1.20 bits per heavy atom. The molecule has 0 aliphatic heterocycles. The molecule has 2 aromatic rings. The van der Waals surface area contributed by atoms with E-state index in [1.54, 1.807) is 17.4 Å². The predicted octanol–water partition coefficient (Wildman–Crippen LogP) is 2.35. The summed E-state index contributed by atoms with van der Waals surface area (Å²) in [7, 11) is 5.49. The van der Waals surface area contributed by atoms with Gasteiger partial charge in [-0.05, 0) is 38.7 Å². The van der Waals surface area contributed by atoms with E-state index in [9.17, 15) is 9.59 Å². The molecule has 9 heteroatoms. The number of thiazole rings is 1. The van der Waals surface area contributed by atoms with Gasteiger partial charge in [-0.25, -0.2) is 4.98 Å². The van der Waals surface area contributed by atoms with Crippen molar-refractivity contribution in [2.24, 2.45) is 0 Å².